The van der Waals surface area contributed by atoms with Crippen molar-refractivity contribution in [2.75, 3.05) is 11.9 Å². The number of amides is 2. The van der Waals surface area contributed by atoms with Gasteiger partial charge in [-0.2, -0.15) is 5.10 Å². The standard InChI is InChI=1S/C13H12ClN5OS/c14-9-2-1-3-10(6-9)18-12(20)15-5-4-11-7-21-13-16-8-17-19(11)13/h1-3,6-8H,4-5H2,(H2,15,18,20). The molecule has 0 saturated heterocycles. The summed E-state index contributed by atoms with van der Waals surface area (Å²) >= 11 is 7.39. The summed E-state index contributed by atoms with van der Waals surface area (Å²) in [6.45, 7) is 0.512. The number of halogens is 1. The van der Waals surface area contributed by atoms with Gasteiger partial charge in [-0.1, -0.05) is 17.7 Å². The van der Waals surface area contributed by atoms with Crippen LogP contribution in [-0.4, -0.2) is 27.2 Å². The molecule has 3 rings (SSSR count). The molecular weight excluding hydrogens is 310 g/mol. The van der Waals surface area contributed by atoms with E-state index in [0.717, 1.165) is 10.7 Å². The molecule has 3 aromatic rings. The molecule has 2 heterocycles. The third-order valence-electron chi connectivity index (χ3n) is 2.84. The number of carbonyl (C=O) groups excluding carboxylic acids is 1. The first-order valence-corrected chi connectivity index (χ1v) is 7.54. The molecule has 0 atom stereocenters. The van der Waals surface area contributed by atoms with Gasteiger partial charge in [0.05, 0.1) is 5.69 Å². The third-order valence-corrected chi connectivity index (χ3v) is 3.95. The maximum atomic E-state index is 11.8. The molecule has 21 heavy (non-hydrogen) atoms. The summed E-state index contributed by atoms with van der Waals surface area (Å²) in [7, 11) is 0. The summed E-state index contributed by atoms with van der Waals surface area (Å²) < 4.78 is 1.78. The molecular formula is C13H12ClN5OS. The predicted octanol–water partition coefficient (Wildman–Crippen LogP) is 2.81. The lowest BCUT2D eigenvalue weighted by molar-refractivity contribution is 0.252. The number of rotatable bonds is 4. The Morgan fingerprint density at radius 1 is 1.43 bits per heavy atom. The highest BCUT2D eigenvalue weighted by atomic mass is 35.5. The Hall–Kier alpha value is -2.12. The van der Waals surface area contributed by atoms with E-state index in [0.29, 0.717) is 23.7 Å². The van der Waals surface area contributed by atoms with E-state index in [1.165, 1.54) is 17.7 Å². The van der Waals surface area contributed by atoms with E-state index in [1.807, 2.05) is 5.38 Å². The van der Waals surface area contributed by atoms with Crippen molar-refractivity contribution < 1.29 is 4.79 Å². The van der Waals surface area contributed by atoms with Crippen LogP contribution in [0.3, 0.4) is 0 Å². The van der Waals surface area contributed by atoms with Crippen molar-refractivity contribution in [3.05, 3.63) is 46.7 Å². The van der Waals surface area contributed by atoms with E-state index in [2.05, 4.69) is 20.7 Å². The highest BCUT2D eigenvalue weighted by Gasteiger charge is 2.06. The van der Waals surface area contributed by atoms with E-state index < -0.39 is 0 Å². The molecule has 108 valence electrons. The van der Waals surface area contributed by atoms with Crippen LogP contribution >= 0.6 is 22.9 Å². The van der Waals surface area contributed by atoms with Gasteiger partial charge in [0.1, 0.15) is 6.33 Å². The van der Waals surface area contributed by atoms with Crippen molar-refractivity contribution in [3.63, 3.8) is 0 Å². The Balaban J connectivity index is 1.51. The van der Waals surface area contributed by atoms with Crippen molar-refractivity contribution in [2.24, 2.45) is 0 Å². The van der Waals surface area contributed by atoms with Gasteiger partial charge in [0.2, 0.25) is 4.96 Å². The number of thiazole rings is 1. The van der Waals surface area contributed by atoms with Crippen LogP contribution in [0.5, 0.6) is 0 Å². The number of hydrogen-bond acceptors (Lipinski definition) is 4. The van der Waals surface area contributed by atoms with Crippen LogP contribution in [0.15, 0.2) is 36.0 Å². The van der Waals surface area contributed by atoms with Crippen LogP contribution in [-0.2, 0) is 6.42 Å². The molecule has 1 aromatic carbocycles. The highest BCUT2D eigenvalue weighted by Crippen LogP contribution is 2.15. The molecule has 2 amide bonds. The number of benzene rings is 1. The van der Waals surface area contributed by atoms with Crippen LogP contribution in [0.1, 0.15) is 5.69 Å². The zero-order chi connectivity index (χ0) is 14.7. The van der Waals surface area contributed by atoms with Crippen LogP contribution in [0.2, 0.25) is 5.02 Å². The average molecular weight is 322 g/mol. The number of hydrogen-bond donors (Lipinski definition) is 2. The van der Waals surface area contributed by atoms with Crippen molar-refractivity contribution in [3.8, 4) is 0 Å². The van der Waals surface area contributed by atoms with Gasteiger partial charge in [0.15, 0.2) is 0 Å². The molecule has 0 aliphatic heterocycles. The molecule has 2 N–H and O–H groups in total. The maximum Gasteiger partial charge on any atom is 0.319 e. The van der Waals surface area contributed by atoms with E-state index >= 15 is 0 Å². The summed E-state index contributed by atoms with van der Waals surface area (Å²) in [5.74, 6) is 0. The minimum atomic E-state index is -0.262. The molecule has 0 radical (unpaired) electrons. The van der Waals surface area contributed by atoms with Crippen LogP contribution in [0.4, 0.5) is 10.5 Å². The normalized spacial score (nSPS) is 10.7. The van der Waals surface area contributed by atoms with Crippen LogP contribution in [0, 0.1) is 0 Å². The largest absolute Gasteiger partial charge is 0.337 e. The average Bonchev–Trinajstić information content (AvgIpc) is 3.03. The van der Waals surface area contributed by atoms with Crippen molar-refractivity contribution in [2.45, 2.75) is 6.42 Å². The molecule has 6 nitrogen and oxygen atoms in total. The van der Waals surface area contributed by atoms with Crippen LogP contribution < -0.4 is 10.6 Å². The van der Waals surface area contributed by atoms with Gasteiger partial charge in [-0.25, -0.2) is 14.3 Å². The zero-order valence-corrected chi connectivity index (χ0v) is 12.5. The van der Waals surface area contributed by atoms with Crippen molar-refractivity contribution in [1.29, 1.82) is 0 Å². The van der Waals surface area contributed by atoms with E-state index in [4.69, 9.17) is 11.6 Å². The Bertz CT molecular complexity index is 769. The summed E-state index contributed by atoms with van der Waals surface area (Å²) in [5, 5.41) is 12.2. The van der Waals surface area contributed by atoms with Gasteiger partial charge in [0, 0.05) is 29.1 Å². The first-order valence-electron chi connectivity index (χ1n) is 6.29. The van der Waals surface area contributed by atoms with Gasteiger partial charge < -0.3 is 10.6 Å². The third kappa shape index (κ3) is 3.32. The molecule has 0 aliphatic rings. The first-order chi connectivity index (χ1) is 10.2. The van der Waals surface area contributed by atoms with Gasteiger partial charge in [0.25, 0.3) is 0 Å². The monoisotopic (exact) mass is 321 g/mol. The number of nitrogens with one attached hydrogen (secondary N) is 2. The number of fused-ring (bicyclic) bond motifs is 1. The lowest BCUT2D eigenvalue weighted by Gasteiger charge is -2.07. The Kier molecular flexibility index (Phi) is 4.03. The second-order valence-electron chi connectivity index (χ2n) is 4.32. The second kappa shape index (κ2) is 6.11. The molecule has 0 bridgehead atoms. The van der Waals surface area contributed by atoms with E-state index in [1.54, 1.807) is 28.8 Å². The van der Waals surface area contributed by atoms with Gasteiger partial charge in [-0.15, -0.1) is 11.3 Å². The van der Waals surface area contributed by atoms with Crippen molar-refractivity contribution >= 4 is 39.6 Å². The number of anilines is 1. The Labute approximate surface area is 129 Å². The fraction of sp³-hybridized carbons (Fsp3) is 0.154. The molecule has 0 unspecified atom stereocenters. The zero-order valence-electron chi connectivity index (χ0n) is 10.9. The fourth-order valence-corrected chi connectivity index (χ4v) is 2.91. The highest BCUT2D eigenvalue weighted by molar-refractivity contribution is 7.15. The molecule has 0 saturated carbocycles. The topological polar surface area (TPSA) is 71.3 Å². The first kappa shape index (κ1) is 13.8. The van der Waals surface area contributed by atoms with E-state index in [9.17, 15) is 4.79 Å². The van der Waals surface area contributed by atoms with Gasteiger partial charge >= 0.3 is 6.03 Å². The number of carbonyl (C=O) groups is 1. The number of urea groups is 1. The predicted molar refractivity (Wildman–Crippen MR) is 83.0 cm³/mol. The second-order valence-corrected chi connectivity index (χ2v) is 5.60. The summed E-state index contributed by atoms with van der Waals surface area (Å²) in [6, 6.07) is 6.75. The van der Waals surface area contributed by atoms with Gasteiger partial charge in [-0.05, 0) is 18.2 Å². The Morgan fingerprint density at radius 2 is 2.33 bits per heavy atom. The lowest BCUT2D eigenvalue weighted by atomic mass is 10.3. The number of nitrogens with zero attached hydrogens (tertiary/aromatic N) is 3. The minimum absolute atomic E-state index is 0.262. The smallest absolute Gasteiger partial charge is 0.319 e. The van der Waals surface area contributed by atoms with Crippen LogP contribution in [0.25, 0.3) is 4.96 Å². The van der Waals surface area contributed by atoms with Crippen molar-refractivity contribution in [1.82, 2.24) is 19.9 Å². The molecule has 0 aliphatic carbocycles. The molecule has 0 fully saturated rings. The summed E-state index contributed by atoms with van der Waals surface area (Å²) in [5.41, 5.74) is 1.68. The number of aromatic nitrogens is 3. The minimum Gasteiger partial charge on any atom is -0.337 e. The molecule has 0 spiro atoms. The lowest BCUT2D eigenvalue weighted by Crippen LogP contribution is -2.30. The van der Waals surface area contributed by atoms with Gasteiger partial charge in [-0.3, -0.25) is 0 Å². The summed E-state index contributed by atoms with van der Waals surface area (Å²) in [6.07, 6.45) is 2.21. The molecule has 2 aromatic heterocycles. The maximum absolute atomic E-state index is 11.8. The SMILES string of the molecule is O=C(NCCc1csc2ncnn12)Nc1cccc(Cl)c1. The fourth-order valence-electron chi connectivity index (χ4n) is 1.89. The molecule has 8 heteroatoms. The van der Waals surface area contributed by atoms with E-state index in [-0.39, 0.29) is 6.03 Å². The summed E-state index contributed by atoms with van der Waals surface area (Å²) in [4.78, 5) is 16.7. The quantitative estimate of drug-likeness (QED) is 0.776. The Morgan fingerprint density at radius 3 is 3.19 bits per heavy atom.